The number of aliphatic carboxylic acids is 1. The van der Waals surface area contributed by atoms with Gasteiger partial charge < -0.3 is 9.84 Å². The monoisotopic (exact) mass is 514 g/mol. The van der Waals surface area contributed by atoms with E-state index in [0.717, 1.165) is 38.5 Å². The van der Waals surface area contributed by atoms with Gasteiger partial charge >= 0.3 is 11.9 Å². The highest BCUT2D eigenvalue weighted by Crippen LogP contribution is 2.78. The minimum Gasteiger partial charge on any atom is -0.481 e. The number of carboxylic acid groups (broad SMARTS) is 1. The Hall–Kier alpha value is -1.06. The first-order chi connectivity index (χ1) is 16.9. The van der Waals surface area contributed by atoms with E-state index in [0.29, 0.717) is 29.6 Å². The maximum atomic E-state index is 13.0. The summed E-state index contributed by atoms with van der Waals surface area (Å²) >= 11 is 0. The maximum Gasteiger partial charge on any atom is 0.309 e. The minimum atomic E-state index is -0.517. The summed E-state index contributed by atoms with van der Waals surface area (Å²) in [5, 5.41) is 10.7. The highest BCUT2D eigenvalue weighted by atomic mass is 16.5. The Morgan fingerprint density at radius 2 is 1.46 bits per heavy atom. The lowest BCUT2D eigenvalue weighted by Gasteiger charge is -2.73. The lowest BCUT2D eigenvalue weighted by Crippen LogP contribution is -2.67. The van der Waals surface area contributed by atoms with Crippen molar-refractivity contribution in [3.63, 3.8) is 0 Å². The standard InChI is InChI=1S/C33H54O4/c1-20(34)37-25-14-15-30(7)23(29(25,5)6)13-16-32(9)24(30)11-10-22-26-21(28(2,3)4)12-17-33(26,27(35)36)19-18-31(22,32)8/h21-26H,10-19H2,1-9H3,(H,35,36)/t21?,22?,23?,24?,25-,26?,30-,31+,32+,33-/m0/s1. The molecule has 0 heterocycles. The number of carbonyl (C=O) groups excluding carboxylic acids is 1. The lowest BCUT2D eigenvalue weighted by atomic mass is 9.32. The molecular weight excluding hydrogens is 460 g/mol. The summed E-state index contributed by atoms with van der Waals surface area (Å²) in [5.41, 5.74) is 0.240. The fourth-order valence-corrected chi connectivity index (χ4v) is 12.3. The molecule has 5 saturated carbocycles. The minimum absolute atomic E-state index is 0.0104. The Morgan fingerprint density at radius 1 is 0.784 bits per heavy atom. The van der Waals surface area contributed by atoms with E-state index in [1.807, 2.05) is 0 Å². The van der Waals surface area contributed by atoms with E-state index in [1.165, 1.54) is 25.7 Å². The third kappa shape index (κ3) is 3.51. The molecule has 0 aromatic rings. The van der Waals surface area contributed by atoms with Gasteiger partial charge in [-0.1, -0.05) is 55.4 Å². The van der Waals surface area contributed by atoms with Crippen LogP contribution in [0.3, 0.4) is 0 Å². The molecule has 0 aromatic heterocycles. The second-order valence-corrected chi connectivity index (χ2v) is 16.6. The summed E-state index contributed by atoms with van der Waals surface area (Å²) in [4.78, 5) is 24.9. The third-order valence-electron chi connectivity index (χ3n) is 14.2. The van der Waals surface area contributed by atoms with Crippen LogP contribution in [0.4, 0.5) is 0 Å². The topological polar surface area (TPSA) is 63.6 Å². The van der Waals surface area contributed by atoms with Gasteiger partial charge in [0.1, 0.15) is 6.10 Å². The lowest BCUT2D eigenvalue weighted by molar-refractivity contribution is -0.252. The molecule has 4 heteroatoms. The van der Waals surface area contributed by atoms with E-state index >= 15 is 0 Å². The van der Waals surface area contributed by atoms with Crippen molar-refractivity contribution in [1.29, 1.82) is 0 Å². The molecule has 4 nitrogen and oxygen atoms in total. The van der Waals surface area contributed by atoms with E-state index in [9.17, 15) is 14.7 Å². The second-order valence-electron chi connectivity index (χ2n) is 16.6. The van der Waals surface area contributed by atoms with Crippen molar-refractivity contribution in [1.82, 2.24) is 0 Å². The first-order valence-electron chi connectivity index (χ1n) is 15.4. The molecule has 0 bridgehead atoms. The fourth-order valence-electron chi connectivity index (χ4n) is 12.3. The average Bonchev–Trinajstić information content (AvgIpc) is 3.18. The predicted octanol–water partition coefficient (Wildman–Crippen LogP) is 8.13. The molecule has 0 spiro atoms. The Balaban J connectivity index is 1.53. The van der Waals surface area contributed by atoms with Crippen LogP contribution in [0.5, 0.6) is 0 Å². The molecule has 5 rings (SSSR count). The molecule has 0 aromatic carbocycles. The zero-order valence-electron chi connectivity index (χ0n) is 25.2. The summed E-state index contributed by atoms with van der Waals surface area (Å²) in [7, 11) is 0. The number of hydrogen-bond donors (Lipinski definition) is 1. The molecule has 0 aliphatic heterocycles. The van der Waals surface area contributed by atoms with E-state index in [-0.39, 0.29) is 39.1 Å². The Bertz CT molecular complexity index is 962. The second kappa shape index (κ2) is 8.23. The van der Waals surface area contributed by atoms with Crippen LogP contribution < -0.4 is 0 Å². The summed E-state index contributed by atoms with van der Waals surface area (Å²) in [6, 6.07) is 0. The van der Waals surface area contributed by atoms with Gasteiger partial charge in [0.05, 0.1) is 5.41 Å². The first kappa shape index (κ1) is 27.5. The van der Waals surface area contributed by atoms with Crippen molar-refractivity contribution in [3.05, 3.63) is 0 Å². The molecule has 1 N–H and O–H groups in total. The van der Waals surface area contributed by atoms with Gasteiger partial charge in [0.2, 0.25) is 0 Å². The zero-order valence-corrected chi connectivity index (χ0v) is 25.2. The van der Waals surface area contributed by atoms with Crippen LogP contribution in [-0.2, 0) is 14.3 Å². The van der Waals surface area contributed by atoms with Gasteiger partial charge in [0.25, 0.3) is 0 Å². The quantitative estimate of drug-likeness (QED) is 0.378. The molecule has 0 amide bonds. The number of fused-ring (bicyclic) bond motifs is 7. The summed E-state index contributed by atoms with van der Waals surface area (Å²) in [6.07, 6.45) is 10.8. The van der Waals surface area contributed by atoms with Crippen LogP contribution in [0.15, 0.2) is 0 Å². The number of rotatable bonds is 2. The van der Waals surface area contributed by atoms with Crippen LogP contribution in [0.25, 0.3) is 0 Å². The molecule has 10 atom stereocenters. The van der Waals surface area contributed by atoms with Gasteiger partial charge in [-0.3, -0.25) is 9.59 Å². The van der Waals surface area contributed by atoms with Crippen LogP contribution in [0.1, 0.15) is 127 Å². The van der Waals surface area contributed by atoms with Crippen molar-refractivity contribution >= 4 is 11.9 Å². The van der Waals surface area contributed by atoms with Crippen molar-refractivity contribution in [2.45, 2.75) is 133 Å². The summed E-state index contributed by atoms with van der Waals surface area (Å²) in [5.74, 6) is 1.80. The Kier molecular flexibility index (Phi) is 6.12. The van der Waals surface area contributed by atoms with Crippen molar-refractivity contribution < 1.29 is 19.4 Å². The molecule has 210 valence electrons. The largest absolute Gasteiger partial charge is 0.481 e. The number of carbonyl (C=O) groups is 2. The molecule has 0 saturated heterocycles. The molecule has 37 heavy (non-hydrogen) atoms. The Labute approximate surface area is 226 Å². The van der Waals surface area contributed by atoms with Crippen molar-refractivity contribution in [2.24, 2.45) is 62.1 Å². The normalized spacial score (nSPS) is 50.7. The van der Waals surface area contributed by atoms with E-state index < -0.39 is 11.4 Å². The van der Waals surface area contributed by atoms with Gasteiger partial charge in [-0.25, -0.2) is 0 Å². The fraction of sp³-hybridized carbons (Fsp3) is 0.939. The maximum absolute atomic E-state index is 13.0. The van der Waals surface area contributed by atoms with Crippen LogP contribution in [-0.4, -0.2) is 23.1 Å². The summed E-state index contributed by atoms with van der Waals surface area (Å²) < 4.78 is 5.90. The van der Waals surface area contributed by atoms with Crippen LogP contribution >= 0.6 is 0 Å². The van der Waals surface area contributed by atoms with E-state index in [4.69, 9.17) is 4.74 Å². The van der Waals surface area contributed by atoms with Crippen LogP contribution in [0.2, 0.25) is 0 Å². The van der Waals surface area contributed by atoms with E-state index in [1.54, 1.807) is 6.92 Å². The SMILES string of the molecule is CC(=O)O[C@H]1CC[C@@]2(C)C(CC[C@]3(C)C2CCC2C4C(C(C)(C)C)CC[C@]4(C(=O)O)CC[C@]23C)C1(C)C. The summed E-state index contributed by atoms with van der Waals surface area (Å²) in [6.45, 7) is 21.1. The smallest absolute Gasteiger partial charge is 0.309 e. The highest BCUT2D eigenvalue weighted by molar-refractivity contribution is 5.76. The molecule has 5 fully saturated rings. The zero-order chi connectivity index (χ0) is 27.4. The van der Waals surface area contributed by atoms with E-state index in [2.05, 4.69) is 55.4 Å². The Morgan fingerprint density at radius 3 is 2.05 bits per heavy atom. The molecule has 0 radical (unpaired) electrons. The highest BCUT2D eigenvalue weighted by Gasteiger charge is 2.72. The van der Waals surface area contributed by atoms with Crippen molar-refractivity contribution in [3.8, 4) is 0 Å². The van der Waals surface area contributed by atoms with Gasteiger partial charge in [0, 0.05) is 12.3 Å². The number of esters is 1. The third-order valence-corrected chi connectivity index (χ3v) is 14.2. The van der Waals surface area contributed by atoms with Gasteiger partial charge in [-0.2, -0.15) is 0 Å². The molecule has 5 aliphatic carbocycles. The van der Waals surface area contributed by atoms with Crippen LogP contribution in [0, 0.1) is 62.1 Å². The molecule has 5 aliphatic rings. The predicted molar refractivity (Wildman–Crippen MR) is 147 cm³/mol. The number of hydrogen-bond acceptors (Lipinski definition) is 3. The number of carboxylic acids is 1. The molecular formula is C33H54O4. The van der Waals surface area contributed by atoms with Gasteiger partial charge in [-0.05, 0) is 115 Å². The van der Waals surface area contributed by atoms with Gasteiger partial charge in [0.15, 0.2) is 0 Å². The average molecular weight is 515 g/mol. The number of ether oxygens (including phenoxy) is 1. The van der Waals surface area contributed by atoms with Gasteiger partial charge in [-0.15, -0.1) is 0 Å². The molecule has 5 unspecified atom stereocenters. The first-order valence-corrected chi connectivity index (χ1v) is 15.4. The van der Waals surface area contributed by atoms with Crippen molar-refractivity contribution in [2.75, 3.05) is 0 Å².